The highest BCUT2D eigenvalue weighted by molar-refractivity contribution is 8.76. The summed E-state index contributed by atoms with van der Waals surface area (Å²) >= 11 is 0. The van der Waals surface area contributed by atoms with Crippen LogP contribution in [-0.2, 0) is 19.2 Å². The van der Waals surface area contributed by atoms with Gasteiger partial charge in [-0.3, -0.25) is 19.2 Å². The molecule has 0 bridgehead atoms. The van der Waals surface area contributed by atoms with Crippen molar-refractivity contribution in [2.75, 3.05) is 18.9 Å². The van der Waals surface area contributed by atoms with E-state index in [9.17, 15) is 24.3 Å². The molecule has 3 unspecified atom stereocenters. The Morgan fingerprint density at radius 2 is 1.89 bits per heavy atom. The molecule has 0 aromatic carbocycles. The number of nitrogens with zero attached hydrogens (tertiary/aromatic N) is 2. The van der Waals surface area contributed by atoms with Gasteiger partial charge >= 0.3 is 0 Å². The average Bonchev–Trinajstić information content (AvgIpc) is 3.35. The molecule has 10 nitrogen and oxygen atoms in total. The predicted octanol–water partition coefficient (Wildman–Crippen LogP) is 1.24. The lowest BCUT2D eigenvalue weighted by Gasteiger charge is -2.34. The minimum Gasteiger partial charge on any atom is -0.394 e. The van der Waals surface area contributed by atoms with Crippen molar-refractivity contribution in [3.63, 3.8) is 0 Å². The average molecular weight is 538 g/mol. The molecule has 3 heterocycles. The number of hydrogen-bond acceptors (Lipinski definition) is 8. The Labute approximate surface area is 219 Å². The molecule has 3 rings (SSSR count). The zero-order chi connectivity index (χ0) is 26.1. The highest BCUT2D eigenvalue weighted by atomic mass is 33.1. The molecule has 2 saturated heterocycles. The maximum Gasteiger partial charge on any atom is 0.248 e. The molecule has 0 saturated carbocycles. The molecule has 3 atom stereocenters. The van der Waals surface area contributed by atoms with E-state index in [1.165, 1.54) is 18.7 Å². The summed E-state index contributed by atoms with van der Waals surface area (Å²) in [5, 5.41) is 18.7. The van der Waals surface area contributed by atoms with Crippen molar-refractivity contribution < 1.29 is 24.3 Å². The Bertz CT molecular complexity index is 933. The maximum absolute atomic E-state index is 13.1. The molecular weight excluding hydrogens is 502 g/mol. The summed E-state index contributed by atoms with van der Waals surface area (Å²) in [5.41, 5.74) is -1.34. The number of aliphatic hydroxyl groups excluding tert-OH is 1. The molecule has 12 heteroatoms. The highest BCUT2D eigenvalue weighted by Gasteiger charge is 2.42. The lowest BCUT2D eigenvalue weighted by atomic mass is 10.00. The number of fused-ring (bicyclic) bond motifs is 1. The normalized spacial score (nSPS) is 24.8. The van der Waals surface area contributed by atoms with E-state index in [1.807, 2.05) is 18.2 Å². The largest absolute Gasteiger partial charge is 0.394 e. The Hall–Kier alpha value is -2.31. The summed E-state index contributed by atoms with van der Waals surface area (Å²) in [4.78, 5) is 57.7. The Morgan fingerprint density at radius 1 is 1.08 bits per heavy atom. The van der Waals surface area contributed by atoms with Crippen LogP contribution < -0.4 is 16.0 Å². The molecule has 4 amide bonds. The summed E-state index contributed by atoms with van der Waals surface area (Å²) in [5.74, 6) is -0.968. The number of carbonyl (C=O) groups is 4. The van der Waals surface area contributed by atoms with E-state index in [-0.39, 0.29) is 5.91 Å². The van der Waals surface area contributed by atoms with Gasteiger partial charge in [-0.05, 0) is 62.5 Å². The molecule has 0 radical (unpaired) electrons. The summed E-state index contributed by atoms with van der Waals surface area (Å²) < 4.78 is 0. The molecule has 1 aromatic heterocycles. The number of pyridine rings is 1. The number of rotatable bonds is 9. The van der Waals surface area contributed by atoms with Crippen molar-refractivity contribution >= 4 is 45.2 Å². The Morgan fingerprint density at radius 3 is 2.61 bits per heavy atom. The number of carbonyl (C=O) groups excluding carboxylic acids is 4. The fourth-order valence-corrected chi connectivity index (χ4v) is 6.23. The second kappa shape index (κ2) is 13.3. The van der Waals surface area contributed by atoms with Crippen LogP contribution in [0.3, 0.4) is 0 Å². The van der Waals surface area contributed by atoms with Crippen molar-refractivity contribution in [2.45, 2.75) is 81.1 Å². The first kappa shape index (κ1) is 28.3. The first-order chi connectivity index (χ1) is 17.2. The van der Waals surface area contributed by atoms with Gasteiger partial charge in [0.2, 0.25) is 23.6 Å². The van der Waals surface area contributed by atoms with Crippen LogP contribution in [0, 0.1) is 0 Å². The molecule has 2 fully saturated rings. The van der Waals surface area contributed by atoms with Gasteiger partial charge in [0.05, 0.1) is 6.61 Å². The van der Waals surface area contributed by atoms with Gasteiger partial charge in [-0.2, -0.15) is 0 Å². The number of aromatic nitrogens is 1. The summed E-state index contributed by atoms with van der Waals surface area (Å²) in [6.45, 7) is 2.82. The van der Waals surface area contributed by atoms with E-state index >= 15 is 0 Å². The van der Waals surface area contributed by atoms with E-state index in [4.69, 9.17) is 0 Å². The van der Waals surface area contributed by atoms with Crippen LogP contribution in [-0.4, -0.2) is 81.2 Å². The lowest BCUT2D eigenvalue weighted by Crippen LogP contribution is -2.64. The van der Waals surface area contributed by atoms with Gasteiger partial charge in [0.1, 0.15) is 28.7 Å². The van der Waals surface area contributed by atoms with E-state index in [0.717, 1.165) is 30.0 Å². The zero-order valence-corrected chi connectivity index (χ0v) is 22.3. The summed E-state index contributed by atoms with van der Waals surface area (Å²) in [6, 6.07) is 3.08. The van der Waals surface area contributed by atoms with Crippen molar-refractivity contribution in [1.82, 2.24) is 25.8 Å². The standard InChI is InChI=1S/C24H35N5O5S2/c1-24(2)23(34)27-17(15-30)22(33)29-13-8-10-18(29)21(32)26-16(20(31)28-24)9-4-3-7-14-35-36-19-11-5-6-12-25-19/h5-6,11-12,16-18,30H,3-4,7-10,13-15H2,1-2H3,(H,26,32)(H,27,34)(H,28,31). The molecule has 1 aromatic rings. The molecule has 0 spiro atoms. The van der Waals surface area contributed by atoms with Crippen molar-refractivity contribution in [3.05, 3.63) is 24.4 Å². The number of hydrogen-bond donors (Lipinski definition) is 4. The van der Waals surface area contributed by atoms with Crippen LogP contribution in [0.1, 0.15) is 52.4 Å². The van der Waals surface area contributed by atoms with Gasteiger partial charge in [0, 0.05) is 18.5 Å². The quantitative estimate of drug-likeness (QED) is 0.272. The molecular formula is C24H35N5O5S2. The summed E-state index contributed by atoms with van der Waals surface area (Å²) in [7, 11) is 3.36. The summed E-state index contributed by atoms with van der Waals surface area (Å²) in [6.07, 6.45) is 5.84. The van der Waals surface area contributed by atoms with Gasteiger partial charge in [-0.15, -0.1) is 0 Å². The van der Waals surface area contributed by atoms with Gasteiger partial charge in [0.15, 0.2) is 0 Å². The van der Waals surface area contributed by atoms with Crippen LogP contribution in [0.2, 0.25) is 0 Å². The van der Waals surface area contributed by atoms with Crippen LogP contribution in [0.5, 0.6) is 0 Å². The minimum absolute atomic E-state index is 0.359. The number of unbranched alkanes of at least 4 members (excludes halogenated alkanes) is 2. The molecule has 2 aliphatic rings. The molecule has 36 heavy (non-hydrogen) atoms. The number of nitrogens with one attached hydrogen (secondary N) is 3. The zero-order valence-electron chi connectivity index (χ0n) is 20.7. The lowest BCUT2D eigenvalue weighted by molar-refractivity contribution is -0.145. The van der Waals surface area contributed by atoms with E-state index in [1.54, 1.807) is 27.8 Å². The van der Waals surface area contributed by atoms with Gasteiger partial charge < -0.3 is 26.0 Å². The highest BCUT2D eigenvalue weighted by Crippen LogP contribution is 2.30. The van der Waals surface area contributed by atoms with Crippen molar-refractivity contribution in [1.29, 1.82) is 0 Å². The van der Waals surface area contributed by atoms with Crippen LogP contribution in [0.4, 0.5) is 0 Å². The third kappa shape index (κ3) is 7.59. The monoisotopic (exact) mass is 537 g/mol. The minimum atomic E-state index is -1.34. The smallest absolute Gasteiger partial charge is 0.248 e. The SMILES string of the molecule is CC1(C)NC(=O)C(CCCCCSSc2ccccn2)NC(=O)C2CCCN2C(=O)C(CO)NC1=O. The van der Waals surface area contributed by atoms with E-state index in [2.05, 4.69) is 20.9 Å². The number of aliphatic hydroxyl groups is 1. The Kier molecular flexibility index (Phi) is 10.4. The van der Waals surface area contributed by atoms with E-state index in [0.29, 0.717) is 25.8 Å². The molecule has 0 aliphatic carbocycles. The van der Waals surface area contributed by atoms with Gasteiger partial charge in [-0.25, -0.2) is 4.98 Å². The van der Waals surface area contributed by atoms with Crippen molar-refractivity contribution in [2.24, 2.45) is 0 Å². The fourth-order valence-electron chi connectivity index (χ4n) is 4.20. The van der Waals surface area contributed by atoms with Gasteiger partial charge in [0.25, 0.3) is 0 Å². The molecule has 4 N–H and O–H groups in total. The van der Waals surface area contributed by atoms with Crippen molar-refractivity contribution in [3.8, 4) is 0 Å². The van der Waals surface area contributed by atoms with Crippen LogP contribution >= 0.6 is 21.6 Å². The second-order valence-corrected chi connectivity index (χ2v) is 11.9. The predicted molar refractivity (Wildman–Crippen MR) is 139 cm³/mol. The first-order valence-electron chi connectivity index (χ1n) is 12.3. The fraction of sp³-hybridized carbons (Fsp3) is 0.625. The third-order valence-corrected chi connectivity index (χ3v) is 8.61. The second-order valence-electron chi connectivity index (χ2n) is 9.50. The molecule has 2 aliphatic heterocycles. The van der Waals surface area contributed by atoms with Crippen LogP contribution in [0.15, 0.2) is 29.4 Å². The topological polar surface area (TPSA) is 141 Å². The number of amides is 4. The maximum atomic E-state index is 13.1. The van der Waals surface area contributed by atoms with Crippen LogP contribution in [0.25, 0.3) is 0 Å². The first-order valence-corrected chi connectivity index (χ1v) is 14.6. The third-order valence-electron chi connectivity index (χ3n) is 6.26. The van der Waals surface area contributed by atoms with Gasteiger partial charge in [-0.1, -0.05) is 29.7 Å². The molecule has 198 valence electrons. The van der Waals surface area contributed by atoms with E-state index < -0.39 is 48.0 Å². The Balaban J connectivity index is 1.60.